The third-order valence-electron chi connectivity index (χ3n) is 6.08. The molecular formula is C27H28F3N7O4. The van der Waals surface area contributed by atoms with E-state index in [4.69, 9.17) is 4.74 Å². The number of hydrogen-bond donors (Lipinski definition) is 3. The van der Waals surface area contributed by atoms with Gasteiger partial charge in [0, 0.05) is 56.2 Å². The van der Waals surface area contributed by atoms with Gasteiger partial charge in [-0.1, -0.05) is 12.6 Å². The van der Waals surface area contributed by atoms with Crippen LogP contribution < -0.4 is 30.3 Å². The van der Waals surface area contributed by atoms with Crippen LogP contribution >= 0.6 is 0 Å². The molecule has 0 bridgehead atoms. The van der Waals surface area contributed by atoms with Gasteiger partial charge >= 0.3 is 6.36 Å². The third-order valence-corrected chi connectivity index (χ3v) is 6.08. The van der Waals surface area contributed by atoms with Gasteiger partial charge in [0.1, 0.15) is 5.75 Å². The van der Waals surface area contributed by atoms with Crippen LogP contribution in [0.3, 0.4) is 0 Å². The van der Waals surface area contributed by atoms with Crippen molar-refractivity contribution in [3.63, 3.8) is 0 Å². The summed E-state index contributed by atoms with van der Waals surface area (Å²) < 4.78 is 49.1. The Hall–Kier alpha value is -5.01. The molecule has 1 aliphatic rings. The Labute approximate surface area is 234 Å². The predicted molar refractivity (Wildman–Crippen MR) is 148 cm³/mol. The summed E-state index contributed by atoms with van der Waals surface area (Å²) in [5.74, 6) is -0.985. The number of rotatable bonds is 9. The smallest absolute Gasteiger partial charge is 0.494 e. The molecule has 216 valence electrons. The zero-order chi connectivity index (χ0) is 29.6. The first-order valence-electron chi connectivity index (χ1n) is 12.4. The van der Waals surface area contributed by atoms with Crippen LogP contribution in [0.2, 0.25) is 0 Å². The molecule has 0 unspecified atom stereocenters. The van der Waals surface area contributed by atoms with E-state index in [9.17, 15) is 22.8 Å². The Morgan fingerprint density at radius 1 is 1.02 bits per heavy atom. The molecule has 0 atom stereocenters. The number of halogens is 3. The van der Waals surface area contributed by atoms with Crippen LogP contribution in [0.4, 0.5) is 47.7 Å². The average Bonchev–Trinajstić information content (AvgIpc) is 2.94. The van der Waals surface area contributed by atoms with Crippen LogP contribution in [0.1, 0.15) is 6.92 Å². The van der Waals surface area contributed by atoms with Gasteiger partial charge in [-0.15, -0.1) is 13.2 Å². The van der Waals surface area contributed by atoms with Gasteiger partial charge < -0.3 is 35.2 Å². The van der Waals surface area contributed by atoms with Crippen molar-refractivity contribution in [1.29, 1.82) is 0 Å². The molecule has 2 aromatic carbocycles. The SMILES string of the molecule is C=CC(=O)Nc1cccc(Nc2ncc(OC(F)(F)F)c(Nc3ccc(N4CCN(C(C)=O)CC4)cc3OC)n2)c1. The maximum absolute atomic E-state index is 13.1. The number of nitrogens with zero attached hydrogens (tertiary/aromatic N) is 4. The van der Waals surface area contributed by atoms with E-state index in [1.54, 1.807) is 47.4 Å². The number of alkyl halides is 3. The average molecular weight is 572 g/mol. The summed E-state index contributed by atoms with van der Waals surface area (Å²) in [6.45, 7) is 7.34. The van der Waals surface area contributed by atoms with Gasteiger partial charge in [-0.25, -0.2) is 4.98 Å². The summed E-state index contributed by atoms with van der Waals surface area (Å²) in [6, 6.07) is 11.8. The van der Waals surface area contributed by atoms with E-state index >= 15 is 0 Å². The normalized spacial score (nSPS) is 13.3. The fraction of sp³-hybridized carbons (Fsp3) is 0.259. The Morgan fingerprint density at radius 3 is 2.41 bits per heavy atom. The number of benzene rings is 2. The first kappa shape index (κ1) is 29.0. The number of ether oxygens (including phenoxy) is 2. The molecular weight excluding hydrogens is 543 g/mol. The number of hydrogen-bond acceptors (Lipinski definition) is 9. The summed E-state index contributed by atoms with van der Waals surface area (Å²) in [4.78, 5) is 35.2. The lowest BCUT2D eigenvalue weighted by Gasteiger charge is -2.35. The lowest BCUT2D eigenvalue weighted by molar-refractivity contribution is -0.274. The summed E-state index contributed by atoms with van der Waals surface area (Å²) >= 11 is 0. The summed E-state index contributed by atoms with van der Waals surface area (Å²) in [5, 5.41) is 8.37. The van der Waals surface area contributed by atoms with Crippen molar-refractivity contribution in [2.24, 2.45) is 0 Å². The Bertz CT molecular complexity index is 1430. The highest BCUT2D eigenvalue weighted by atomic mass is 19.4. The molecule has 0 radical (unpaired) electrons. The van der Waals surface area contributed by atoms with Crippen molar-refractivity contribution < 1.29 is 32.2 Å². The molecule has 0 aliphatic carbocycles. The van der Waals surface area contributed by atoms with E-state index in [1.807, 2.05) is 0 Å². The standard InChI is InChI=1S/C27H28F3N7O4/c1-4-24(39)32-18-6-5-7-19(14-18)33-26-31-16-23(41-27(28,29)30)25(35-26)34-21-9-8-20(15-22(21)40-3)37-12-10-36(11-13-37)17(2)38/h4-9,14-16H,1,10-13H2,2-3H3,(H,32,39)(H2,31,33,34,35). The van der Waals surface area contributed by atoms with Crippen molar-refractivity contribution in [3.05, 3.63) is 61.3 Å². The lowest BCUT2D eigenvalue weighted by Crippen LogP contribution is -2.48. The van der Waals surface area contributed by atoms with Crippen molar-refractivity contribution in [3.8, 4) is 11.5 Å². The molecule has 0 saturated carbocycles. The first-order chi connectivity index (χ1) is 19.5. The highest BCUT2D eigenvalue weighted by molar-refractivity contribution is 5.99. The van der Waals surface area contributed by atoms with E-state index in [1.165, 1.54) is 14.0 Å². The van der Waals surface area contributed by atoms with E-state index in [0.29, 0.717) is 49.0 Å². The van der Waals surface area contributed by atoms with E-state index in [-0.39, 0.29) is 17.7 Å². The fourth-order valence-electron chi connectivity index (χ4n) is 4.10. The van der Waals surface area contributed by atoms with Crippen molar-refractivity contribution in [2.75, 3.05) is 54.1 Å². The quantitative estimate of drug-likeness (QED) is 0.315. The number of amides is 2. The van der Waals surface area contributed by atoms with Crippen LogP contribution in [0.5, 0.6) is 11.5 Å². The minimum absolute atomic E-state index is 0.0181. The maximum atomic E-state index is 13.1. The van der Waals surface area contributed by atoms with Crippen LogP contribution in [-0.4, -0.2) is 66.3 Å². The van der Waals surface area contributed by atoms with Crippen LogP contribution in [0, 0.1) is 0 Å². The number of carbonyl (C=O) groups excluding carboxylic acids is 2. The molecule has 14 heteroatoms. The zero-order valence-corrected chi connectivity index (χ0v) is 22.3. The van der Waals surface area contributed by atoms with Crippen LogP contribution in [-0.2, 0) is 9.59 Å². The number of anilines is 6. The van der Waals surface area contributed by atoms with Gasteiger partial charge in [0.2, 0.25) is 17.8 Å². The number of nitrogens with one attached hydrogen (secondary N) is 3. The molecule has 3 N–H and O–H groups in total. The molecule has 2 heterocycles. The molecule has 1 aliphatic heterocycles. The maximum Gasteiger partial charge on any atom is 0.573 e. The number of piperazine rings is 1. The second kappa shape index (κ2) is 12.4. The summed E-state index contributed by atoms with van der Waals surface area (Å²) in [7, 11) is 1.44. The highest BCUT2D eigenvalue weighted by Crippen LogP contribution is 2.36. The lowest BCUT2D eigenvalue weighted by atomic mass is 10.2. The number of aromatic nitrogens is 2. The van der Waals surface area contributed by atoms with E-state index in [0.717, 1.165) is 18.0 Å². The Balaban J connectivity index is 1.58. The van der Waals surface area contributed by atoms with Crippen LogP contribution in [0.15, 0.2) is 61.3 Å². The van der Waals surface area contributed by atoms with Crippen molar-refractivity contribution in [2.45, 2.75) is 13.3 Å². The molecule has 1 fully saturated rings. The van der Waals surface area contributed by atoms with Crippen molar-refractivity contribution in [1.82, 2.24) is 14.9 Å². The highest BCUT2D eigenvalue weighted by Gasteiger charge is 2.33. The van der Waals surface area contributed by atoms with Gasteiger partial charge in [-0.05, 0) is 36.4 Å². The topological polar surface area (TPSA) is 121 Å². The third kappa shape index (κ3) is 7.77. The molecule has 4 rings (SSSR count). The van der Waals surface area contributed by atoms with Gasteiger partial charge in [0.25, 0.3) is 0 Å². The second-order valence-corrected chi connectivity index (χ2v) is 8.86. The second-order valence-electron chi connectivity index (χ2n) is 8.86. The monoisotopic (exact) mass is 571 g/mol. The van der Waals surface area contributed by atoms with E-state index < -0.39 is 18.0 Å². The molecule has 3 aromatic rings. The minimum Gasteiger partial charge on any atom is -0.494 e. The summed E-state index contributed by atoms with van der Waals surface area (Å²) in [5.41, 5.74) is 2.09. The summed E-state index contributed by atoms with van der Waals surface area (Å²) in [6.07, 6.45) is -2.97. The van der Waals surface area contributed by atoms with Gasteiger partial charge in [0.05, 0.1) is 19.0 Å². The Kier molecular flexibility index (Phi) is 8.80. The van der Waals surface area contributed by atoms with Gasteiger partial charge in [-0.2, -0.15) is 4.98 Å². The zero-order valence-electron chi connectivity index (χ0n) is 22.3. The molecule has 11 nitrogen and oxygen atoms in total. The molecule has 1 aromatic heterocycles. The molecule has 41 heavy (non-hydrogen) atoms. The molecule has 2 amide bonds. The fourth-order valence-corrected chi connectivity index (χ4v) is 4.10. The van der Waals surface area contributed by atoms with Gasteiger partial charge in [0.15, 0.2) is 11.6 Å². The minimum atomic E-state index is -4.98. The molecule has 1 saturated heterocycles. The number of carbonyl (C=O) groups is 2. The van der Waals surface area contributed by atoms with Crippen molar-refractivity contribution >= 4 is 46.3 Å². The largest absolute Gasteiger partial charge is 0.573 e. The molecule has 0 spiro atoms. The predicted octanol–water partition coefficient (Wildman–Crippen LogP) is 4.66. The number of methoxy groups -OCH3 is 1. The first-order valence-corrected chi connectivity index (χ1v) is 12.4. The Morgan fingerprint density at radius 2 is 1.76 bits per heavy atom. The van der Waals surface area contributed by atoms with Crippen LogP contribution in [0.25, 0.3) is 0 Å². The van der Waals surface area contributed by atoms with E-state index in [2.05, 4.69) is 42.1 Å². The van der Waals surface area contributed by atoms with Gasteiger partial charge in [-0.3, -0.25) is 9.59 Å².